The largest absolute Gasteiger partial charge is 0.481 e. The molecule has 0 bridgehead atoms. The van der Waals surface area contributed by atoms with Crippen molar-refractivity contribution in [2.45, 2.75) is 84.7 Å². The molecule has 2 atom stereocenters. The normalized spacial score (nSPS) is 15.9. The van der Waals surface area contributed by atoms with Crippen molar-refractivity contribution < 1.29 is 33.8 Å². The summed E-state index contributed by atoms with van der Waals surface area (Å²) in [6.07, 6.45) is 5.14. The van der Waals surface area contributed by atoms with Gasteiger partial charge in [-0.25, -0.2) is 4.79 Å². The van der Waals surface area contributed by atoms with E-state index in [2.05, 4.69) is 15.6 Å². The number of nitrogens with one attached hydrogen (secondary N) is 3. The van der Waals surface area contributed by atoms with Gasteiger partial charge in [-0.15, -0.1) is 0 Å². The summed E-state index contributed by atoms with van der Waals surface area (Å²) < 4.78 is 5.14. The molecule has 0 aliphatic heterocycles. The fraction of sp³-hybridized carbons (Fsp3) is 0.326. The number of nitrogen functional groups attached to an aromatic ring is 1. The third-order valence-electron chi connectivity index (χ3n) is 10.1. The molecule has 2 unspecified atom stereocenters. The Bertz CT molecular complexity index is 2260. The van der Waals surface area contributed by atoms with Crippen molar-refractivity contribution >= 4 is 52.7 Å². The van der Waals surface area contributed by atoms with E-state index >= 15 is 0 Å². The molecule has 13 nitrogen and oxygen atoms in total. The Labute approximate surface area is 344 Å². The highest BCUT2D eigenvalue weighted by Gasteiger charge is 2.23. The summed E-state index contributed by atoms with van der Waals surface area (Å²) in [7, 11) is 0. The standard InChI is InChI=1S/C26H31N3O4.C20H21N3O3/c1-16(30)13-17-5-6-20-15-21(8-7-19(20)14-17)24(31)28-22-11-9-18(10-12-22)23(27)29-25(32)33-26(2,3)4;21-19(22)13-5-7-17(8-6-13)23-20(26)16-4-3-14-9-12(10-18(24)25)1-2-15(14)11-16/h7-12,15,17H,5-6,13-14H2,1-4H3,(H,28,31)(H2,27,29,32);3-8,11-12H,1-2,9-10H2,(H3,21,22)(H,23,26)(H,24,25). The number of aryl methyl sites for hydroxylation is 2. The van der Waals surface area contributed by atoms with Gasteiger partial charge in [0.2, 0.25) is 0 Å². The van der Waals surface area contributed by atoms with E-state index in [9.17, 15) is 24.0 Å². The van der Waals surface area contributed by atoms with Gasteiger partial charge in [-0.1, -0.05) is 12.1 Å². The second-order valence-electron chi connectivity index (χ2n) is 16.1. The molecular weight excluding hydrogens is 749 g/mol. The first kappa shape index (κ1) is 43.5. The van der Waals surface area contributed by atoms with Crippen molar-refractivity contribution in [2.24, 2.45) is 28.3 Å². The van der Waals surface area contributed by atoms with Crippen LogP contribution < -0.4 is 22.1 Å². The summed E-state index contributed by atoms with van der Waals surface area (Å²) in [5.41, 5.74) is 18.9. The highest BCUT2D eigenvalue weighted by molar-refractivity contribution is 6.06. The lowest BCUT2D eigenvalue weighted by Crippen LogP contribution is -2.24. The number of amides is 3. The number of nitrogens with zero attached hydrogens (tertiary/aromatic N) is 1. The number of fused-ring (bicyclic) bond motifs is 2. The summed E-state index contributed by atoms with van der Waals surface area (Å²) in [6.45, 7) is 6.89. The minimum Gasteiger partial charge on any atom is -0.481 e. The predicted molar refractivity (Wildman–Crippen MR) is 228 cm³/mol. The highest BCUT2D eigenvalue weighted by atomic mass is 16.6. The van der Waals surface area contributed by atoms with Crippen LogP contribution in [0.25, 0.3) is 0 Å². The van der Waals surface area contributed by atoms with E-state index in [0.717, 1.165) is 49.7 Å². The molecule has 2 aliphatic rings. The zero-order chi connectivity index (χ0) is 42.9. The summed E-state index contributed by atoms with van der Waals surface area (Å²) >= 11 is 0. The maximum absolute atomic E-state index is 12.7. The van der Waals surface area contributed by atoms with Gasteiger partial charge in [-0.3, -0.25) is 19.8 Å². The number of rotatable bonds is 10. The number of carboxylic acid groups (broad SMARTS) is 1. The van der Waals surface area contributed by atoms with E-state index in [1.54, 1.807) is 82.3 Å². The maximum atomic E-state index is 12.7. The summed E-state index contributed by atoms with van der Waals surface area (Å²) in [5.74, 6) is -0.353. The SMILES string of the molecule is CC(=O)CC1CCc2cc(C(=O)Nc3ccc(C(N)=NC(=O)OC(C)(C)C)cc3)ccc2C1.N=C(N)c1ccc(NC(=O)c2ccc3c(c2)CCC(CC(=O)O)C3)cc1. The highest BCUT2D eigenvalue weighted by Crippen LogP contribution is 2.30. The lowest BCUT2D eigenvalue weighted by Gasteiger charge is -2.24. The van der Waals surface area contributed by atoms with Gasteiger partial charge < -0.3 is 36.7 Å². The summed E-state index contributed by atoms with van der Waals surface area (Å²) in [4.78, 5) is 63.1. The molecule has 0 saturated heterocycles. The van der Waals surface area contributed by atoms with Crippen molar-refractivity contribution in [2.75, 3.05) is 10.6 Å². The molecule has 308 valence electrons. The number of carbonyl (C=O) groups is 5. The van der Waals surface area contributed by atoms with Crippen molar-refractivity contribution in [1.82, 2.24) is 0 Å². The van der Waals surface area contributed by atoms with Gasteiger partial charge in [-0.2, -0.15) is 4.99 Å². The van der Waals surface area contributed by atoms with Gasteiger partial charge in [0.25, 0.3) is 11.8 Å². The van der Waals surface area contributed by atoms with Crippen molar-refractivity contribution in [3.63, 3.8) is 0 Å². The molecule has 0 saturated carbocycles. The number of nitrogens with two attached hydrogens (primary N) is 2. The topological polar surface area (TPSA) is 227 Å². The number of amidine groups is 2. The number of benzene rings is 4. The third kappa shape index (κ3) is 12.9. The van der Waals surface area contributed by atoms with Crippen molar-refractivity contribution in [3.05, 3.63) is 129 Å². The van der Waals surface area contributed by atoms with Crippen LogP contribution in [0.2, 0.25) is 0 Å². The number of aliphatic carboxylic acids is 1. The maximum Gasteiger partial charge on any atom is 0.436 e. The third-order valence-corrected chi connectivity index (χ3v) is 10.1. The van der Waals surface area contributed by atoms with Crippen molar-refractivity contribution in [3.8, 4) is 0 Å². The van der Waals surface area contributed by atoms with Gasteiger partial charge >= 0.3 is 12.1 Å². The Morgan fingerprint density at radius 2 is 1.14 bits per heavy atom. The average Bonchev–Trinajstić information content (AvgIpc) is 3.17. The van der Waals surface area contributed by atoms with Crippen LogP contribution in [-0.2, 0) is 40.0 Å². The molecule has 0 fully saturated rings. The van der Waals surface area contributed by atoms with Crippen molar-refractivity contribution in [1.29, 1.82) is 5.41 Å². The van der Waals surface area contributed by atoms with Gasteiger partial charge in [0.15, 0.2) is 0 Å². The van der Waals surface area contributed by atoms with E-state index in [-0.39, 0.29) is 41.6 Å². The second kappa shape index (κ2) is 19.2. The van der Waals surface area contributed by atoms with Crippen LogP contribution in [-0.4, -0.2) is 52.0 Å². The number of hydrogen-bond donors (Lipinski definition) is 6. The second-order valence-corrected chi connectivity index (χ2v) is 16.1. The number of aliphatic imine (C=N–C) groups is 1. The van der Waals surface area contributed by atoms with Crippen LogP contribution in [0, 0.1) is 17.2 Å². The quantitative estimate of drug-likeness (QED) is 0.0690. The minimum absolute atomic E-state index is 0.0150. The molecule has 4 aromatic carbocycles. The number of carboxylic acids is 1. The Morgan fingerprint density at radius 3 is 1.56 bits per heavy atom. The van der Waals surface area contributed by atoms with Crippen LogP contribution >= 0.6 is 0 Å². The Morgan fingerprint density at radius 1 is 0.695 bits per heavy atom. The lowest BCUT2D eigenvalue weighted by atomic mass is 9.81. The number of carbonyl (C=O) groups excluding carboxylic acids is 4. The number of hydrogen-bond acceptors (Lipinski definition) is 7. The lowest BCUT2D eigenvalue weighted by molar-refractivity contribution is -0.138. The molecule has 0 heterocycles. The number of anilines is 2. The van der Waals surface area contributed by atoms with Crippen LogP contribution in [0.1, 0.15) is 107 Å². The zero-order valence-corrected chi connectivity index (χ0v) is 33.9. The first-order valence-electron chi connectivity index (χ1n) is 19.6. The fourth-order valence-corrected chi connectivity index (χ4v) is 7.26. The minimum atomic E-state index is -0.759. The molecular formula is C46H52N6O7. The summed E-state index contributed by atoms with van der Waals surface area (Å²) in [6, 6.07) is 24.9. The smallest absolute Gasteiger partial charge is 0.436 e. The van der Waals surface area contributed by atoms with Gasteiger partial charge in [0, 0.05) is 46.5 Å². The van der Waals surface area contributed by atoms with Gasteiger partial charge in [-0.05, 0) is 173 Å². The Hall–Kier alpha value is -6.63. The predicted octanol–water partition coefficient (Wildman–Crippen LogP) is 7.47. The molecule has 0 radical (unpaired) electrons. The number of ether oxygens (including phenoxy) is 1. The molecule has 59 heavy (non-hydrogen) atoms. The molecule has 3 amide bonds. The number of Topliss-reactive ketones (excluding diaryl/α,β-unsaturated/α-hetero) is 1. The van der Waals surface area contributed by atoms with E-state index in [1.807, 2.05) is 30.3 Å². The molecule has 4 aromatic rings. The fourth-order valence-electron chi connectivity index (χ4n) is 7.26. The monoisotopic (exact) mass is 800 g/mol. The van der Waals surface area contributed by atoms with E-state index < -0.39 is 17.7 Å². The van der Waals surface area contributed by atoms with E-state index in [4.69, 9.17) is 26.7 Å². The van der Waals surface area contributed by atoms with E-state index in [1.165, 1.54) is 11.1 Å². The van der Waals surface area contributed by atoms with Crippen LogP contribution in [0.4, 0.5) is 16.2 Å². The summed E-state index contributed by atoms with van der Waals surface area (Å²) in [5, 5.41) is 22.0. The Balaban J connectivity index is 0.000000230. The Kier molecular flexibility index (Phi) is 14.2. The van der Waals surface area contributed by atoms with Crippen LogP contribution in [0.3, 0.4) is 0 Å². The zero-order valence-electron chi connectivity index (χ0n) is 33.9. The molecule has 0 spiro atoms. The molecule has 2 aliphatic carbocycles. The van der Waals surface area contributed by atoms with Gasteiger partial charge in [0.1, 0.15) is 23.1 Å². The molecule has 13 heteroatoms. The van der Waals surface area contributed by atoms with Gasteiger partial charge in [0.05, 0.1) is 0 Å². The van der Waals surface area contributed by atoms with Crippen LogP contribution in [0.15, 0.2) is 89.9 Å². The molecule has 0 aromatic heterocycles. The van der Waals surface area contributed by atoms with Crippen LogP contribution in [0.5, 0.6) is 0 Å². The first-order chi connectivity index (χ1) is 27.9. The number of ketones is 1. The van der Waals surface area contributed by atoms with E-state index in [0.29, 0.717) is 46.0 Å². The average molecular weight is 801 g/mol. The molecule has 8 N–H and O–H groups in total. The molecule has 6 rings (SSSR count). The first-order valence-corrected chi connectivity index (χ1v) is 19.6.